The molecule has 6 nitrogen and oxygen atoms in total. The number of nitrogens with zero attached hydrogens (tertiary/aromatic N) is 5. The Morgan fingerprint density at radius 3 is 2.73 bits per heavy atom. The topological polar surface area (TPSA) is 55.6 Å². The predicted octanol–water partition coefficient (Wildman–Crippen LogP) is 5.69. The van der Waals surface area contributed by atoms with Crippen molar-refractivity contribution in [2.75, 3.05) is 45.0 Å². The summed E-state index contributed by atoms with van der Waals surface area (Å²) in [7, 11) is 1.08. The van der Waals surface area contributed by atoms with Crippen LogP contribution in [0.5, 0.6) is 0 Å². The monoisotopic (exact) mass is 526 g/mol. The van der Waals surface area contributed by atoms with Crippen LogP contribution in [0.1, 0.15) is 46.0 Å². The maximum atomic E-state index is 14.3. The van der Waals surface area contributed by atoms with E-state index in [2.05, 4.69) is 33.4 Å². The van der Waals surface area contributed by atoms with Crippen LogP contribution in [0.4, 0.5) is 4.39 Å². The van der Waals surface area contributed by atoms with Gasteiger partial charge in [0, 0.05) is 31.0 Å². The van der Waals surface area contributed by atoms with E-state index in [0.29, 0.717) is 30.7 Å². The first-order chi connectivity index (χ1) is 18.0. The third-order valence-electron chi connectivity index (χ3n) is 6.93. The number of aliphatic imine (C=N–C) groups is 3. The Balaban J connectivity index is 1.79. The largest absolute Gasteiger partial charge is 0.381 e. The van der Waals surface area contributed by atoms with Gasteiger partial charge < -0.3 is 15.1 Å². The van der Waals surface area contributed by atoms with Crippen molar-refractivity contribution in [1.82, 2.24) is 15.1 Å². The highest BCUT2D eigenvalue weighted by Gasteiger charge is 2.20. The quantitative estimate of drug-likeness (QED) is 0.226. The molecule has 2 saturated heterocycles. The van der Waals surface area contributed by atoms with E-state index in [1.54, 1.807) is 18.5 Å². The molecule has 0 saturated carbocycles. The third-order valence-corrected chi connectivity index (χ3v) is 8.21. The maximum Gasteiger partial charge on any atom is 0.159 e. The molecule has 1 unspecified atom stereocenters. The first-order valence-corrected chi connectivity index (χ1v) is 15.1. The maximum absolute atomic E-state index is 14.3. The van der Waals surface area contributed by atoms with Crippen LogP contribution in [0, 0.1) is 5.92 Å². The standard InChI is InChI=1S/C29H44FN6P/c1-5-31-22-32-29(25(4)33-23(2)24(3)34-28-13-19-37-20-14-28)36-17-8-9-27(30)11-10-26(21-36)12-18-35-15-6-7-16-35/h8-11,17,22,26,28,34,37H,3-7,12-16,18-21H2,1-2H3/b11-10+,17-8+,27-9+,31-22?,32-29?,33-23?. The van der Waals surface area contributed by atoms with Crippen molar-refractivity contribution in [1.29, 1.82) is 0 Å². The summed E-state index contributed by atoms with van der Waals surface area (Å²) in [5.74, 6) is 0.501. The van der Waals surface area contributed by atoms with Crippen molar-refractivity contribution in [3.05, 3.63) is 60.9 Å². The Bertz CT molecular complexity index is 951. The van der Waals surface area contributed by atoms with Gasteiger partial charge in [-0.3, -0.25) is 4.99 Å². The van der Waals surface area contributed by atoms with Crippen molar-refractivity contribution in [2.45, 2.75) is 52.0 Å². The zero-order chi connectivity index (χ0) is 26.5. The summed E-state index contributed by atoms with van der Waals surface area (Å²) >= 11 is 0. The summed E-state index contributed by atoms with van der Waals surface area (Å²) in [5.41, 5.74) is 2.15. The highest BCUT2D eigenvalue weighted by atomic mass is 31.1. The SMILES string of the molecule is C=C(N=C(C)C(=C)NC1CCPCC1)C(=NC=NCC)N1/C=C/C=C(F)\C=C\C(CCN2CCCC2)C1. The van der Waals surface area contributed by atoms with Gasteiger partial charge in [-0.1, -0.05) is 19.2 Å². The molecular weight excluding hydrogens is 482 g/mol. The lowest BCUT2D eigenvalue weighted by molar-refractivity contribution is 0.305. The molecule has 1 atom stereocenters. The van der Waals surface area contributed by atoms with Crippen molar-refractivity contribution >= 4 is 26.5 Å². The van der Waals surface area contributed by atoms with E-state index in [1.165, 1.54) is 44.1 Å². The Morgan fingerprint density at radius 2 is 2.00 bits per heavy atom. The van der Waals surface area contributed by atoms with Crippen molar-refractivity contribution in [3.8, 4) is 0 Å². The molecule has 3 heterocycles. The Morgan fingerprint density at radius 1 is 1.24 bits per heavy atom. The third kappa shape index (κ3) is 10.1. The average molecular weight is 527 g/mol. The lowest BCUT2D eigenvalue weighted by Crippen LogP contribution is -2.34. The summed E-state index contributed by atoms with van der Waals surface area (Å²) in [4.78, 5) is 18.3. The van der Waals surface area contributed by atoms with E-state index < -0.39 is 0 Å². The highest BCUT2D eigenvalue weighted by Crippen LogP contribution is 2.23. The molecule has 0 aliphatic carbocycles. The first-order valence-electron chi connectivity index (χ1n) is 13.6. The number of likely N-dealkylation sites (tertiary alicyclic amines) is 1. The number of amidine groups is 1. The van der Waals surface area contributed by atoms with E-state index in [0.717, 1.165) is 46.0 Å². The molecule has 0 aromatic rings. The van der Waals surface area contributed by atoms with Crippen LogP contribution in [0.2, 0.25) is 0 Å². The minimum absolute atomic E-state index is 0.150. The fourth-order valence-corrected chi connectivity index (χ4v) is 6.08. The molecule has 202 valence electrons. The van der Waals surface area contributed by atoms with Crippen LogP contribution in [0.25, 0.3) is 0 Å². The fourth-order valence-electron chi connectivity index (χ4n) is 4.72. The van der Waals surface area contributed by atoms with Gasteiger partial charge in [-0.05, 0) is 102 Å². The van der Waals surface area contributed by atoms with Gasteiger partial charge in [0.1, 0.15) is 12.2 Å². The highest BCUT2D eigenvalue weighted by molar-refractivity contribution is 7.38. The van der Waals surface area contributed by atoms with Crippen molar-refractivity contribution in [2.24, 2.45) is 20.9 Å². The zero-order valence-electron chi connectivity index (χ0n) is 22.6. The molecule has 37 heavy (non-hydrogen) atoms. The van der Waals surface area contributed by atoms with Crippen LogP contribution in [0.15, 0.2) is 75.9 Å². The molecule has 0 amide bonds. The van der Waals surface area contributed by atoms with E-state index in [4.69, 9.17) is 4.99 Å². The molecule has 3 aliphatic rings. The molecule has 1 N–H and O–H groups in total. The number of allylic oxidation sites excluding steroid dienone is 5. The number of nitrogens with one attached hydrogen (secondary N) is 1. The van der Waals surface area contributed by atoms with Crippen LogP contribution < -0.4 is 5.32 Å². The molecule has 0 aromatic carbocycles. The summed E-state index contributed by atoms with van der Waals surface area (Å²) in [6, 6.07) is 0.461. The predicted molar refractivity (Wildman–Crippen MR) is 160 cm³/mol. The summed E-state index contributed by atoms with van der Waals surface area (Å²) < 4.78 is 14.3. The molecule has 0 spiro atoms. The minimum atomic E-state index is -0.256. The van der Waals surface area contributed by atoms with Gasteiger partial charge in [-0.15, -0.1) is 8.58 Å². The smallest absolute Gasteiger partial charge is 0.159 e. The molecule has 8 heteroatoms. The first kappa shape index (κ1) is 29.2. The molecule has 2 fully saturated rings. The van der Waals surface area contributed by atoms with Gasteiger partial charge in [0.15, 0.2) is 5.84 Å². The van der Waals surface area contributed by atoms with Gasteiger partial charge >= 0.3 is 0 Å². The van der Waals surface area contributed by atoms with E-state index in [-0.39, 0.29) is 11.7 Å². The molecule has 3 aliphatic heterocycles. The lowest BCUT2D eigenvalue weighted by atomic mass is 10.0. The summed E-state index contributed by atoms with van der Waals surface area (Å²) in [5, 5.41) is 3.56. The molecule has 0 radical (unpaired) electrons. The number of rotatable bonds is 10. The van der Waals surface area contributed by atoms with E-state index in [1.807, 2.05) is 31.0 Å². The van der Waals surface area contributed by atoms with Gasteiger partial charge in [-0.25, -0.2) is 14.4 Å². The van der Waals surface area contributed by atoms with Crippen LogP contribution in [0.3, 0.4) is 0 Å². The lowest BCUT2D eigenvalue weighted by Gasteiger charge is -2.27. The molecule has 0 bridgehead atoms. The second-order valence-corrected chi connectivity index (χ2v) is 11.4. The summed E-state index contributed by atoms with van der Waals surface area (Å²) in [6.07, 6.45) is 18.6. The van der Waals surface area contributed by atoms with Crippen molar-refractivity contribution < 1.29 is 4.39 Å². The molecular formula is C29H44FN6P. The normalized spacial score (nSPS) is 27.9. The average Bonchev–Trinajstić information content (AvgIpc) is 3.43. The Kier molecular flexibility index (Phi) is 12.5. The van der Waals surface area contributed by atoms with Crippen molar-refractivity contribution in [3.63, 3.8) is 0 Å². The second-order valence-electron chi connectivity index (χ2n) is 9.86. The second kappa shape index (κ2) is 15.8. The van der Waals surface area contributed by atoms with Crippen LogP contribution in [-0.2, 0) is 0 Å². The van der Waals surface area contributed by atoms with E-state index >= 15 is 0 Å². The van der Waals surface area contributed by atoms with Crippen LogP contribution >= 0.6 is 8.58 Å². The zero-order valence-corrected chi connectivity index (χ0v) is 23.6. The van der Waals surface area contributed by atoms with Crippen LogP contribution in [-0.4, -0.2) is 78.8 Å². The number of halogens is 1. The fraction of sp³-hybridized carbons (Fsp3) is 0.552. The Hall–Kier alpha value is -2.37. The molecule has 0 aromatic heterocycles. The Labute approximate surface area is 224 Å². The number of hydrogen-bond donors (Lipinski definition) is 1. The minimum Gasteiger partial charge on any atom is -0.381 e. The number of hydrogen-bond acceptors (Lipinski definition) is 4. The van der Waals surface area contributed by atoms with E-state index in [9.17, 15) is 4.39 Å². The van der Waals surface area contributed by atoms with Gasteiger partial charge in [0.25, 0.3) is 0 Å². The van der Waals surface area contributed by atoms with Gasteiger partial charge in [0.05, 0.1) is 11.4 Å². The van der Waals surface area contributed by atoms with Gasteiger partial charge in [0.2, 0.25) is 0 Å². The molecule has 3 rings (SSSR count). The van der Waals surface area contributed by atoms with Gasteiger partial charge in [-0.2, -0.15) is 0 Å². The summed E-state index contributed by atoms with van der Waals surface area (Å²) in [6.45, 7) is 17.0.